The van der Waals surface area contributed by atoms with Crippen LogP contribution in [-0.4, -0.2) is 49.6 Å². The molecule has 1 saturated heterocycles. The standard InChI is InChI=1S/C29H30Cl2N4O4S/c1-15(2)22-23(26(37)35(28(38)39)16(3)5-14-21(35)25(32)36)40-27-33-29(4,18-8-12-20(31)13-9-18)24(34(22)27)17-6-10-19(30)11-7-17/h6-13,15-16,21,24H,5,14H2,1-4H3,(H2-,32,36,38,39)/p+1/t16?,21-,24+,29-,35?/m0/s1. The van der Waals surface area contributed by atoms with Gasteiger partial charge in [-0.1, -0.05) is 61.3 Å². The van der Waals surface area contributed by atoms with E-state index in [1.54, 1.807) is 6.92 Å². The summed E-state index contributed by atoms with van der Waals surface area (Å²) in [4.78, 5) is 47.2. The van der Waals surface area contributed by atoms with Crippen molar-refractivity contribution in [2.24, 2.45) is 16.6 Å². The quantitative estimate of drug-likeness (QED) is 0.389. The lowest BCUT2D eigenvalue weighted by molar-refractivity contribution is -0.805. The summed E-state index contributed by atoms with van der Waals surface area (Å²) in [5.74, 6) is -1.59. The summed E-state index contributed by atoms with van der Waals surface area (Å²) >= 11 is 13.6. The topological polar surface area (TPSA) is 113 Å². The molecule has 8 nitrogen and oxygen atoms in total. The predicted octanol–water partition coefficient (Wildman–Crippen LogP) is 6.29. The molecule has 0 aliphatic carbocycles. The minimum absolute atomic E-state index is 0.166. The van der Waals surface area contributed by atoms with Gasteiger partial charge >= 0.3 is 12.0 Å². The van der Waals surface area contributed by atoms with Gasteiger partial charge < -0.3 is 15.7 Å². The van der Waals surface area contributed by atoms with Gasteiger partial charge in [0, 0.05) is 28.6 Å². The lowest BCUT2D eigenvalue weighted by Gasteiger charge is -2.37. The second-order valence-corrected chi connectivity index (χ2v) is 12.9. The lowest BCUT2D eigenvalue weighted by Crippen LogP contribution is -2.66. The SMILES string of the molecule is CC(C)C1=C(C(=O)[N+]2(C(=O)O)C(C)CC[C@H]2C(N)=O)SC2=N[C@@](C)(c3ccc(Cl)cc3)[C@@H](c3ccc(Cl)cc3)N21. The minimum atomic E-state index is -1.37. The average molecular weight is 603 g/mol. The fraction of sp³-hybridized carbons (Fsp3) is 0.379. The molecule has 5 atom stereocenters. The van der Waals surface area contributed by atoms with Gasteiger partial charge in [0.1, 0.15) is 16.5 Å². The number of nitrogens with two attached hydrogens (primary N) is 1. The third-order valence-corrected chi connectivity index (χ3v) is 9.95. The highest BCUT2D eigenvalue weighted by molar-refractivity contribution is 8.18. The van der Waals surface area contributed by atoms with Crippen molar-refractivity contribution in [1.82, 2.24) is 4.90 Å². The maximum atomic E-state index is 14.4. The number of benzene rings is 2. The van der Waals surface area contributed by atoms with E-state index in [2.05, 4.69) is 4.90 Å². The zero-order valence-corrected chi connectivity index (χ0v) is 24.9. The number of allylic oxidation sites excluding steroid dienone is 1. The van der Waals surface area contributed by atoms with Gasteiger partial charge in [0.15, 0.2) is 11.2 Å². The van der Waals surface area contributed by atoms with E-state index >= 15 is 0 Å². The summed E-state index contributed by atoms with van der Waals surface area (Å²) in [6, 6.07) is 12.9. The fourth-order valence-corrected chi connectivity index (χ4v) is 8.09. The first-order valence-electron chi connectivity index (χ1n) is 13.1. The Morgan fingerprint density at radius 1 is 1.07 bits per heavy atom. The Balaban J connectivity index is 1.70. The second-order valence-electron chi connectivity index (χ2n) is 11.1. The number of aliphatic imine (C=N–C) groups is 1. The molecule has 1 fully saturated rings. The van der Waals surface area contributed by atoms with Crippen molar-refractivity contribution < 1.29 is 24.0 Å². The van der Waals surface area contributed by atoms with E-state index in [-0.39, 0.29) is 23.3 Å². The van der Waals surface area contributed by atoms with Crippen LogP contribution < -0.4 is 5.73 Å². The summed E-state index contributed by atoms with van der Waals surface area (Å²) in [6.45, 7) is 7.66. The fourth-order valence-electron chi connectivity index (χ4n) is 6.44. The Hall–Kier alpha value is -2.85. The predicted molar refractivity (Wildman–Crippen MR) is 157 cm³/mol. The van der Waals surface area contributed by atoms with E-state index in [4.69, 9.17) is 33.9 Å². The number of halogens is 2. The monoisotopic (exact) mass is 601 g/mol. The average Bonchev–Trinajstić information content (AvgIpc) is 3.52. The molecule has 0 radical (unpaired) electrons. The molecule has 3 amide bonds. The van der Waals surface area contributed by atoms with Crippen molar-refractivity contribution in [3.8, 4) is 0 Å². The van der Waals surface area contributed by atoms with Gasteiger partial charge in [-0.3, -0.25) is 4.79 Å². The molecule has 2 unspecified atom stereocenters. The minimum Gasteiger partial charge on any atom is -0.435 e. The second kappa shape index (κ2) is 10.2. The Labute approximate surface area is 247 Å². The molecule has 3 heterocycles. The molecule has 3 N–H and O–H groups in total. The van der Waals surface area contributed by atoms with Crippen LogP contribution in [0.25, 0.3) is 0 Å². The number of likely N-dealkylation sites (tertiary alicyclic amines) is 1. The van der Waals surface area contributed by atoms with E-state index < -0.39 is 40.0 Å². The van der Waals surface area contributed by atoms with Crippen LogP contribution in [0, 0.1) is 5.92 Å². The Morgan fingerprint density at radius 3 is 2.17 bits per heavy atom. The summed E-state index contributed by atoms with van der Waals surface area (Å²) in [5.41, 5.74) is 7.45. The van der Waals surface area contributed by atoms with Crippen LogP contribution in [0.15, 0.2) is 64.1 Å². The number of nitrogens with zero attached hydrogens (tertiary/aromatic N) is 3. The van der Waals surface area contributed by atoms with E-state index in [9.17, 15) is 19.5 Å². The normalized spacial score (nSPS) is 29.6. The molecular formula is C29H31Cl2N4O4S+. The van der Waals surface area contributed by atoms with Crippen LogP contribution in [0.4, 0.5) is 4.79 Å². The molecule has 11 heteroatoms. The largest absolute Gasteiger partial charge is 0.522 e. The number of carbonyl (C=O) groups excluding carboxylic acids is 2. The number of quaternary nitrogens is 1. The molecule has 3 aliphatic heterocycles. The van der Waals surface area contributed by atoms with Crippen LogP contribution in [0.5, 0.6) is 0 Å². The molecule has 2 aromatic carbocycles. The third kappa shape index (κ3) is 4.17. The van der Waals surface area contributed by atoms with Crippen molar-refractivity contribution >= 4 is 58.0 Å². The number of carboxylic acid groups (broad SMARTS) is 1. The Morgan fingerprint density at radius 2 is 1.65 bits per heavy atom. The smallest absolute Gasteiger partial charge is 0.435 e. The summed E-state index contributed by atoms with van der Waals surface area (Å²) < 4.78 is -1.03. The van der Waals surface area contributed by atoms with Crippen LogP contribution in [0.1, 0.15) is 57.7 Å². The molecule has 210 valence electrons. The molecule has 5 rings (SSSR count). The highest BCUT2D eigenvalue weighted by Gasteiger charge is 2.65. The van der Waals surface area contributed by atoms with Crippen LogP contribution in [-0.2, 0) is 15.1 Å². The number of imide groups is 1. The van der Waals surface area contributed by atoms with Crippen molar-refractivity contribution in [3.05, 3.63) is 80.3 Å². The van der Waals surface area contributed by atoms with Gasteiger partial charge in [-0.2, -0.15) is 4.79 Å². The number of rotatable bonds is 5. The maximum Gasteiger partial charge on any atom is 0.522 e. The van der Waals surface area contributed by atoms with Gasteiger partial charge in [0.2, 0.25) is 0 Å². The highest BCUT2D eigenvalue weighted by atomic mass is 35.5. The number of carbonyl (C=O) groups is 3. The van der Waals surface area contributed by atoms with Crippen LogP contribution >= 0.6 is 35.0 Å². The van der Waals surface area contributed by atoms with E-state index in [1.807, 2.05) is 69.3 Å². The van der Waals surface area contributed by atoms with E-state index in [0.717, 1.165) is 11.1 Å². The summed E-state index contributed by atoms with van der Waals surface area (Å²) in [5, 5.41) is 12.3. The number of fused-ring (bicyclic) bond motifs is 1. The zero-order chi connectivity index (χ0) is 29.1. The number of hydrogen-bond acceptors (Lipinski definition) is 6. The van der Waals surface area contributed by atoms with Crippen molar-refractivity contribution in [2.75, 3.05) is 0 Å². The first-order chi connectivity index (χ1) is 18.8. The van der Waals surface area contributed by atoms with Gasteiger partial charge in [0.25, 0.3) is 5.91 Å². The molecule has 0 aromatic heterocycles. The van der Waals surface area contributed by atoms with Gasteiger partial charge in [0.05, 0.1) is 6.04 Å². The van der Waals surface area contributed by atoms with Gasteiger partial charge in [-0.25, -0.2) is 9.79 Å². The number of primary amides is 1. The molecule has 0 saturated carbocycles. The van der Waals surface area contributed by atoms with Crippen LogP contribution in [0.3, 0.4) is 0 Å². The van der Waals surface area contributed by atoms with Crippen molar-refractivity contribution in [3.63, 3.8) is 0 Å². The van der Waals surface area contributed by atoms with Gasteiger partial charge in [-0.05, 0) is 66.9 Å². The summed E-state index contributed by atoms with van der Waals surface area (Å²) in [7, 11) is 0. The van der Waals surface area contributed by atoms with Crippen molar-refractivity contribution in [2.45, 2.75) is 64.2 Å². The Kier molecular flexibility index (Phi) is 7.32. The number of hydrogen-bond donors (Lipinski definition) is 2. The third-order valence-electron chi connectivity index (χ3n) is 8.39. The highest BCUT2D eigenvalue weighted by Crippen LogP contribution is 2.57. The Bertz CT molecular complexity index is 1460. The zero-order valence-electron chi connectivity index (χ0n) is 22.6. The molecule has 3 aliphatic rings. The van der Waals surface area contributed by atoms with Crippen LogP contribution in [0.2, 0.25) is 10.0 Å². The first kappa shape index (κ1) is 28.7. The van der Waals surface area contributed by atoms with Gasteiger partial charge in [-0.15, -0.1) is 4.48 Å². The first-order valence-corrected chi connectivity index (χ1v) is 14.7. The number of amidine groups is 1. The lowest BCUT2D eigenvalue weighted by atomic mass is 9.81. The van der Waals surface area contributed by atoms with E-state index in [0.29, 0.717) is 27.3 Å². The molecule has 40 heavy (non-hydrogen) atoms. The summed E-state index contributed by atoms with van der Waals surface area (Å²) in [6.07, 6.45) is -0.743. The van der Waals surface area contributed by atoms with E-state index in [1.165, 1.54) is 11.8 Å². The maximum absolute atomic E-state index is 14.4. The molecule has 0 bridgehead atoms. The molecule has 0 spiro atoms. The molecule has 2 aromatic rings. The number of amides is 3. The number of thioether (sulfide) groups is 1. The molecular weight excluding hydrogens is 571 g/mol. The van der Waals surface area contributed by atoms with Crippen molar-refractivity contribution in [1.29, 1.82) is 0 Å².